The largest absolute Gasteiger partial charge is 0.497 e. The fourth-order valence-corrected chi connectivity index (χ4v) is 2.92. The highest BCUT2D eigenvalue weighted by atomic mass is 16.6. The van der Waals surface area contributed by atoms with Crippen LogP contribution in [0, 0.1) is 0 Å². The molecule has 2 rings (SSSR count). The van der Waals surface area contributed by atoms with Crippen molar-refractivity contribution in [3.63, 3.8) is 0 Å². The molecule has 4 nitrogen and oxygen atoms in total. The van der Waals surface area contributed by atoms with Gasteiger partial charge in [-0.05, 0) is 63.9 Å². The van der Waals surface area contributed by atoms with E-state index in [2.05, 4.69) is 13.8 Å². The Morgan fingerprint density at radius 3 is 2.00 bits per heavy atom. The van der Waals surface area contributed by atoms with Crippen LogP contribution in [0.15, 0.2) is 54.6 Å². The molecule has 26 heavy (non-hydrogen) atoms. The first-order chi connectivity index (χ1) is 12.2. The minimum absolute atomic E-state index is 0.365. The van der Waals surface area contributed by atoms with Crippen LogP contribution < -0.4 is 9.64 Å². The predicted molar refractivity (Wildman–Crippen MR) is 106 cm³/mol. The third-order valence-corrected chi connectivity index (χ3v) is 4.48. The molecule has 0 radical (unpaired) electrons. The van der Waals surface area contributed by atoms with Crippen molar-refractivity contribution in [1.29, 1.82) is 0 Å². The lowest BCUT2D eigenvalue weighted by Gasteiger charge is -2.41. The van der Waals surface area contributed by atoms with Gasteiger partial charge in [0.2, 0.25) is 0 Å². The Bertz CT molecular complexity index is 719. The van der Waals surface area contributed by atoms with Crippen molar-refractivity contribution < 1.29 is 14.3 Å². The van der Waals surface area contributed by atoms with E-state index in [9.17, 15) is 4.79 Å². The topological polar surface area (TPSA) is 38.8 Å². The van der Waals surface area contributed by atoms with Gasteiger partial charge in [-0.25, -0.2) is 4.79 Å². The van der Waals surface area contributed by atoms with Crippen molar-refractivity contribution in [2.24, 2.45) is 0 Å². The van der Waals surface area contributed by atoms with E-state index in [0.29, 0.717) is 0 Å². The van der Waals surface area contributed by atoms with Gasteiger partial charge in [-0.15, -0.1) is 0 Å². The molecule has 0 saturated carbocycles. The molecule has 0 saturated heterocycles. The van der Waals surface area contributed by atoms with Gasteiger partial charge in [0, 0.05) is 5.69 Å². The first kappa shape index (κ1) is 19.8. The number of methoxy groups -OCH3 is 1. The second-order valence-electron chi connectivity index (χ2n) is 7.51. The minimum atomic E-state index is -0.576. The van der Waals surface area contributed by atoms with Gasteiger partial charge < -0.3 is 9.47 Å². The SMILES string of the molecule is CC[C@](C)(c1ccccc1)N(C(=O)OC(C)(C)C)c1ccc(OC)cc1. The maximum absolute atomic E-state index is 13.2. The fourth-order valence-electron chi connectivity index (χ4n) is 2.92. The Balaban J connectivity index is 2.55. The highest BCUT2D eigenvalue weighted by Gasteiger charge is 2.39. The van der Waals surface area contributed by atoms with Gasteiger partial charge in [0.15, 0.2) is 0 Å². The number of hydrogen-bond donors (Lipinski definition) is 0. The summed E-state index contributed by atoms with van der Waals surface area (Å²) < 4.78 is 11.0. The maximum atomic E-state index is 13.2. The van der Waals surface area contributed by atoms with Crippen molar-refractivity contribution in [3.05, 3.63) is 60.2 Å². The summed E-state index contributed by atoms with van der Waals surface area (Å²) in [6, 6.07) is 17.5. The average molecular weight is 355 g/mol. The summed E-state index contributed by atoms with van der Waals surface area (Å²) in [5, 5.41) is 0. The van der Waals surface area contributed by atoms with Crippen LogP contribution in [-0.4, -0.2) is 18.8 Å². The third kappa shape index (κ3) is 4.37. The van der Waals surface area contributed by atoms with Gasteiger partial charge in [0.05, 0.1) is 12.6 Å². The van der Waals surface area contributed by atoms with E-state index >= 15 is 0 Å². The Labute approximate surface area is 156 Å². The van der Waals surface area contributed by atoms with Gasteiger partial charge >= 0.3 is 6.09 Å². The molecule has 140 valence electrons. The minimum Gasteiger partial charge on any atom is -0.497 e. The smallest absolute Gasteiger partial charge is 0.415 e. The van der Waals surface area contributed by atoms with Crippen LogP contribution in [0.4, 0.5) is 10.5 Å². The number of carbonyl (C=O) groups is 1. The second-order valence-corrected chi connectivity index (χ2v) is 7.51. The van der Waals surface area contributed by atoms with Crippen LogP contribution >= 0.6 is 0 Å². The normalized spacial score (nSPS) is 13.6. The van der Waals surface area contributed by atoms with E-state index in [0.717, 1.165) is 23.4 Å². The summed E-state index contributed by atoms with van der Waals surface area (Å²) in [6.45, 7) is 9.78. The van der Waals surface area contributed by atoms with Crippen LogP contribution in [0.1, 0.15) is 46.6 Å². The van der Waals surface area contributed by atoms with Gasteiger partial charge in [0.25, 0.3) is 0 Å². The molecule has 0 bridgehead atoms. The summed E-state index contributed by atoms with van der Waals surface area (Å²) in [4.78, 5) is 14.9. The van der Waals surface area contributed by atoms with Gasteiger partial charge in [-0.2, -0.15) is 0 Å². The quantitative estimate of drug-likeness (QED) is 0.684. The van der Waals surface area contributed by atoms with Gasteiger partial charge in [-0.3, -0.25) is 4.90 Å². The summed E-state index contributed by atoms with van der Waals surface area (Å²) >= 11 is 0. The summed E-state index contributed by atoms with van der Waals surface area (Å²) in [6.07, 6.45) is 0.373. The zero-order valence-electron chi connectivity index (χ0n) is 16.6. The molecule has 0 spiro atoms. The van der Waals surface area contributed by atoms with E-state index in [4.69, 9.17) is 9.47 Å². The van der Waals surface area contributed by atoms with Gasteiger partial charge in [0.1, 0.15) is 11.4 Å². The highest BCUT2D eigenvalue weighted by molar-refractivity contribution is 5.90. The number of amides is 1. The van der Waals surface area contributed by atoms with Crippen molar-refractivity contribution in [2.45, 2.75) is 52.2 Å². The predicted octanol–water partition coefficient (Wildman–Crippen LogP) is 5.76. The van der Waals surface area contributed by atoms with Crippen LogP contribution in [0.25, 0.3) is 0 Å². The molecule has 2 aromatic carbocycles. The molecule has 0 heterocycles. The number of nitrogens with zero attached hydrogens (tertiary/aromatic N) is 1. The van der Waals surface area contributed by atoms with E-state index in [1.54, 1.807) is 12.0 Å². The molecule has 0 aliphatic carbocycles. The summed E-state index contributed by atoms with van der Waals surface area (Å²) in [5.74, 6) is 0.746. The van der Waals surface area contributed by atoms with E-state index < -0.39 is 11.1 Å². The lowest BCUT2D eigenvalue weighted by atomic mass is 9.87. The Morgan fingerprint density at radius 1 is 0.962 bits per heavy atom. The van der Waals surface area contributed by atoms with Crippen LogP contribution in [-0.2, 0) is 10.3 Å². The number of rotatable bonds is 5. The monoisotopic (exact) mass is 355 g/mol. The number of anilines is 1. The molecule has 1 amide bonds. The molecule has 0 N–H and O–H groups in total. The molecule has 4 heteroatoms. The van der Waals surface area contributed by atoms with Crippen molar-refractivity contribution in [3.8, 4) is 5.75 Å². The van der Waals surface area contributed by atoms with E-state index in [1.165, 1.54) is 0 Å². The Kier molecular flexibility index (Phi) is 5.96. The Hall–Kier alpha value is -2.49. The number of hydrogen-bond acceptors (Lipinski definition) is 3. The molecule has 0 aliphatic rings. The van der Waals surface area contributed by atoms with Crippen LogP contribution in [0.5, 0.6) is 5.75 Å². The molecule has 1 atom stereocenters. The summed E-state index contributed by atoms with van der Waals surface area (Å²) in [5.41, 5.74) is 0.711. The number of benzene rings is 2. The number of carbonyl (C=O) groups excluding carboxylic acids is 1. The molecule has 0 aromatic heterocycles. The van der Waals surface area contributed by atoms with E-state index in [1.807, 2.05) is 75.4 Å². The lowest BCUT2D eigenvalue weighted by Crippen LogP contribution is -2.49. The van der Waals surface area contributed by atoms with Crippen molar-refractivity contribution >= 4 is 11.8 Å². The third-order valence-electron chi connectivity index (χ3n) is 4.48. The average Bonchev–Trinajstić information content (AvgIpc) is 2.61. The maximum Gasteiger partial charge on any atom is 0.415 e. The molecule has 0 fully saturated rings. The zero-order chi connectivity index (χ0) is 19.4. The Morgan fingerprint density at radius 2 is 1.54 bits per heavy atom. The number of ether oxygens (including phenoxy) is 2. The zero-order valence-corrected chi connectivity index (χ0v) is 16.6. The van der Waals surface area contributed by atoms with Crippen molar-refractivity contribution in [1.82, 2.24) is 0 Å². The molecule has 0 unspecified atom stereocenters. The summed E-state index contributed by atoms with van der Waals surface area (Å²) in [7, 11) is 1.63. The van der Waals surface area contributed by atoms with Crippen LogP contribution in [0.3, 0.4) is 0 Å². The van der Waals surface area contributed by atoms with Crippen LogP contribution in [0.2, 0.25) is 0 Å². The first-order valence-electron chi connectivity index (χ1n) is 8.94. The van der Waals surface area contributed by atoms with Gasteiger partial charge in [-0.1, -0.05) is 37.3 Å². The molecule has 0 aliphatic heterocycles. The first-order valence-corrected chi connectivity index (χ1v) is 8.94. The molecule has 2 aromatic rings. The van der Waals surface area contributed by atoms with Crippen molar-refractivity contribution in [2.75, 3.05) is 12.0 Å². The lowest BCUT2D eigenvalue weighted by molar-refractivity contribution is 0.0536. The standard InChI is InChI=1S/C22H29NO3/c1-7-22(5,17-11-9-8-10-12-17)23(20(24)26-21(2,3)4)18-13-15-19(25-6)16-14-18/h8-16H,7H2,1-6H3/t22-/m1/s1. The van der Waals surface area contributed by atoms with E-state index in [-0.39, 0.29) is 6.09 Å². The second kappa shape index (κ2) is 7.81. The highest BCUT2D eigenvalue weighted by Crippen LogP contribution is 2.37. The molecular formula is C22H29NO3. The fraction of sp³-hybridized carbons (Fsp3) is 0.409. The molecular weight excluding hydrogens is 326 g/mol.